The monoisotopic (exact) mass is 323 g/mol. The Labute approximate surface area is 131 Å². The Morgan fingerprint density at radius 2 is 2.04 bits per heavy atom. The smallest absolute Gasteiger partial charge is 0.336 e. The van der Waals surface area contributed by atoms with Gasteiger partial charge in [-0.15, -0.1) is 0 Å². The second-order valence-corrected chi connectivity index (χ2v) is 5.80. The fourth-order valence-electron chi connectivity index (χ4n) is 2.51. The number of hydrogen-bond acceptors (Lipinski definition) is 2. The van der Waals surface area contributed by atoms with Crippen LogP contribution >= 0.6 is 0 Å². The molecule has 2 aromatic rings. The maximum absolute atomic E-state index is 13.0. The van der Waals surface area contributed by atoms with Crippen molar-refractivity contribution in [2.24, 2.45) is 0 Å². The van der Waals surface area contributed by atoms with Gasteiger partial charge in [0, 0.05) is 25.2 Å². The second kappa shape index (κ2) is 5.72. The molecule has 1 aliphatic carbocycles. The summed E-state index contributed by atoms with van der Waals surface area (Å²) < 4.78 is 39.0. The summed E-state index contributed by atoms with van der Waals surface area (Å²) in [6, 6.07) is 6.96. The van der Waals surface area contributed by atoms with Crippen molar-refractivity contribution < 1.29 is 18.0 Å². The highest BCUT2D eigenvalue weighted by atomic mass is 19.4. The number of alkyl halides is 3. The van der Waals surface area contributed by atoms with Gasteiger partial charge in [0.2, 0.25) is 0 Å². The van der Waals surface area contributed by atoms with Crippen molar-refractivity contribution in [3.63, 3.8) is 0 Å². The minimum Gasteiger partial charge on any atom is -0.336 e. The molecule has 0 saturated heterocycles. The summed E-state index contributed by atoms with van der Waals surface area (Å²) >= 11 is 0. The van der Waals surface area contributed by atoms with Gasteiger partial charge < -0.3 is 4.90 Å². The van der Waals surface area contributed by atoms with Crippen molar-refractivity contribution in [3.8, 4) is 0 Å². The molecule has 0 radical (unpaired) electrons. The van der Waals surface area contributed by atoms with E-state index in [-0.39, 0.29) is 17.8 Å². The van der Waals surface area contributed by atoms with Gasteiger partial charge in [0.1, 0.15) is 5.69 Å². The van der Waals surface area contributed by atoms with Crippen molar-refractivity contribution in [2.75, 3.05) is 7.05 Å². The standard InChI is InChI=1S/C16H16F3N3O/c1-22(9-11-4-2-3-5-12(11)16(17,18)19)15(23)14-8-13(20-21-14)10-6-7-10/h2-5,8,10H,6-7,9H2,1H3,(H,20,21). The lowest BCUT2D eigenvalue weighted by Crippen LogP contribution is -2.27. The number of carbonyl (C=O) groups excluding carboxylic acids is 1. The molecule has 1 saturated carbocycles. The van der Waals surface area contributed by atoms with Gasteiger partial charge in [0.15, 0.2) is 0 Å². The van der Waals surface area contributed by atoms with Gasteiger partial charge in [-0.25, -0.2) is 0 Å². The summed E-state index contributed by atoms with van der Waals surface area (Å²) in [6.07, 6.45) is -2.29. The van der Waals surface area contributed by atoms with Crippen molar-refractivity contribution in [1.29, 1.82) is 0 Å². The summed E-state index contributed by atoms with van der Waals surface area (Å²) in [5.41, 5.74) is 0.491. The zero-order valence-electron chi connectivity index (χ0n) is 12.5. The molecule has 0 bridgehead atoms. The van der Waals surface area contributed by atoms with Crippen LogP contribution in [-0.2, 0) is 12.7 Å². The Bertz CT molecular complexity index is 719. The topological polar surface area (TPSA) is 49.0 Å². The van der Waals surface area contributed by atoms with E-state index in [4.69, 9.17) is 0 Å². The van der Waals surface area contributed by atoms with Gasteiger partial charge in [-0.3, -0.25) is 9.89 Å². The molecule has 1 amide bonds. The number of halogens is 3. The number of aromatic amines is 1. The minimum absolute atomic E-state index is 0.0637. The Morgan fingerprint density at radius 3 is 2.70 bits per heavy atom. The number of nitrogens with one attached hydrogen (secondary N) is 1. The average molecular weight is 323 g/mol. The average Bonchev–Trinajstić information content (AvgIpc) is 3.23. The highest BCUT2D eigenvalue weighted by molar-refractivity contribution is 5.92. The molecule has 1 aromatic carbocycles. The van der Waals surface area contributed by atoms with Crippen molar-refractivity contribution in [3.05, 3.63) is 52.8 Å². The lowest BCUT2D eigenvalue weighted by atomic mass is 10.1. The van der Waals surface area contributed by atoms with Gasteiger partial charge in [-0.1, -0.05) is 18.2 Å². The molecule has 1 N–H and O–H groups in total. The van der Waals surface area contributed by atoms with Crippen molar-refractivity contribution >= 4 is 5.91 Å². The fraction of sp³-hybridized carbons (Fsp3) is 0.375. The predicted molar refractivity (Wildman–Crippen MR) is 77.8 cm³/mol. The molecule has 3 rings (SSSR count). The summed E-state index contributed by atoms with van der Waals surface area (Å²) in [5.74, 6) is 0.0328. The Hall–Kier alpha value is -2.31. The molecular formula is C16H16F3N3O. The van der Waals surface area contributed by atoms with Gasteiger partial charge in [-0.2, -0.15) is 18.3 Å². The predicted octanol–water partition coefficient (Wildman–Crippen LogP) is 3.58. The van der Waals surface area contributed by atoms with Crippen LogP contribution in [-0.4, -0.2) is 28.1 Å². The Balaban J connectivity index is 1.75. The molecule has 1 aliphatic rings. The molecule has 0 atom stereocenters. The van der Waals surface area contributed by atoms with Gasteiger partial charge in [0.25, 0.3) is 5.91 Å². The number of hydrogen-bond donors (Lipinski definition) is 1. The molecule has 0 unspecified atom stereocenters. The number of amides is 1. The largest absolute Gasteiger partial charge is 0.416 e. The van der Waals surface area contributed by atoms with Crippen LogP contribution in [0.1, 0.15) is 46.1 Å². The Kier molecular flexibility index (Phi) is 3.87. The fourth-order valence-corrected chi connectivity index (χ4v) is 2.51. The van der Waals surface area contributed by atoms with Gasteiger partial charge in [0.05, 0.1) is 5.56 Å². The van der Waals surface area contributed by atoms with E-state index in [2.05, 4.69) is 10.2 Å². The van der Waals surface area contributed by atoms with Crippen LogP contribution in [0.5, 0.6) is 0 Å². The summed E-state index contributed by atoms with van der Waals surface area (Å²) in [4.78, 5) is 13.6. The molecule has 1 aromatic heterocycles. The summed E-state index contributed by atoms with van der Waals surface area (Å²) in [6.45, 7) is -0.125. The zero-order valence-corrected chi connectivity index (χ0v) is 12.5. The van der Waals surface area contributed by atoms with E-state index < -0.39 is 17.6 Å². The molecule has 0 spiro atoms. The lowest BCUT2D eigenvalue weighted by Gasteiger charge is -2.19. The molecule has 1 heterocycles. The molecule has 23 heavy (non-hydrogen) atoms. The van der Waals surface area contributed by atoms with Crippen LogP contribution in [0.15, 0.2) is 30.3 Å². The first-order valence-corrected chi connectivity index (χ1v) is 7.32. The maximum Gasteiger partial charge on any atom is 0.416 e. The van der Waals surface area contributed by atoms with E-state index in [1.165, 1.54) is 30.1 Å². The Morgan fingerprint density at radius 1 is 1.35 bits per heavy atom. The van der Waals surface area contributed by atoms with Gasteiger partial charge >= 0.3 is 6.18 Å². The van der Waals surface area contributed by atoms with Gasteiger partial charge in [-0.05, 0) is 30.5 Å². The maximum atomic E-state index is 13.0. The third-order valence-corrected chi connectivity index (χ3v) is 3.91. The van der Waals surface area contributed by atoms with E-state index in [0.29, 0.717) is 5.92 Å². The summed E-state index contributed by atoms with van der Waals surface area (Å²) in [7, 11) is 1.47. The number of nitrogens with zero attached hydrogens (tertiary/aromatic N) is 2. The van der Waals surface area contributed by atoms with Crippen LogP contribution in [0.4, 0.5) is 13.2 Å². The second-order valence-electron chi connectivity index (χ2n) is 5.80. The highest BCUT2D eigenvalue weighted by Gasteiger charge is 2.33. The van der Waals surface area contributed by atoms with E-state index in [0.717, 1.165) is 24.6 Å². The molecular weight excluding hydrogens is 307 g/mol. The molecule has 1 fully saturated rings. The SMILES string of the molecule is CN(Cc1ccccc1C(F)(F)F)C(=O)c1cc(C2CC2)[nH]n1. The highest BCUT2D eigenvalue weighted by Crippen LogP contribution is 2.39. The molecule has 4 nitrogen and oxygen atoms in total. The quantitative estimate of drug-likeness (QED) is 0.935. The van der Waals surface area contributed by atoms with Crippen LogP contribution in [0.25, 0.3) is 0 Å². The van der Waals surface area contributed by atoms with Crippen molar-refractivity contribution in [2.45, 2.75) is 31.5 Å². The number of benzene rings is 1. The summed E-state index contributed by atoms with van der Waals surface area (Å²) in [5, 5.41) is 6.80. The van der Waals surface area contributed by atoms with Crippen LogP contribution in [0, 0.1) is 0 Å². The van der Waals surface area contributed by atoms with E-state index in [1.807, 2.05) is 0 Å². The number of H-pyrrole nitrogens is 1. The van der Waals surface area contributed by atoms with Crippen LogP contribution < -0.4 is 0 Å². The van der Waals surface area contributed by atoms with E-state index >= 15 is 0 Å². The molecule has 122 valence electrons. The number of carbonyl (C=O) groups is 1. The first-order chi connectivity index (χ1) is 10.9. The van der Waals surface area contributed by atoms with Crippen LogP contribution in [0.2, 0.25) is 0 Å². The minimum atomic E-state index is -4.44. The lowest BCUT2D eigenvalue weighted by molar-refractivity contribution is -0.138. The first kappa shape index (κ1) is 15.6. The normalized spacial score (nSPS) is 14.8. The molecule has 7 heteroatoms. The van der Waals surface area contributed by atoms with Crippen molar-refractivity contribution in [1.82, 2.24) is 15.1 Å². The third-order valence-electron chi connectivity index (χ3n) is 3.91. The zero-order chi connectivity index (χ0) is 16.6. The number of rotatable bonds is 4. The third kappa shape index (κ3) is 3.38. The first-order valence-electron chi connectivity index (χ1n) is 7.32. The molecule has 0 aliphatic heterocycles. The van der Waals surface area contributed by atoms with Crippen LogP contribution in [0.3, 0.4) is 0 Å². The van der Waals surface area contributed by atoms with E-state index in [1.54, 1.807) is 6.07 Å². The number of aromatic nitrogens is 2. The van der Waals surface area contributed by atoms with E-state index in [9.17, 15) is 18.0 Å².